The first kappa shape index (κ1) is 16.1. The standard InChI is InChI=1S/C19H20N2O3/c1-24-15-11-9-14(10-12-15)19-20-16-6-2-3-7-17(16)21(19)13-5-4-8-18(22)23/h2-3,6-7,9-12H,4-5,8,13H2,1H3,(H,22,23). The first-order valence-electron chi connectivity index (χ1n) is 8.00. The molecule has 0 amide bonds. The van der Waals surface area contributed by atoms with Gasteiger partial charge in [0.05, 0.1) is 18.1 Å². The van der Waals surface area contributed by atoms with Crippen LogP contribution in [0.5, 0.6) is 5.75 Å². The van der Waals surface area contributed by atoms with Gasteiger partial charge in [-0.25, -0.2) is 4.98 Å². The molecule has 24 heavy (non-hydrogen) atoms. The van der Waals surface area contributed by atoms with Gasteiger partial charge in [0.15, 0.2) is 0 Å². The zero-order chi connectivity index (χ0) is 16.9. The summed E-state index contributed by atoms with van der Waals surface area (Å²) in [4.78, 5) is 15.4. The van der Waals surface area contributed by atoms with Crippen LogP contribution in [-0.2, 0) is 11.3 Å². The van der Waals surface area contributed by atoms with E-state index in [0.29, 0.717) is 6.42 Å². The number of rotatable bonds is 7. The Kier molecular flexibility index (Phi) is 4.79. The van der Waals surface area contributed by atoms with E-state index in [-0.39, 0.29) is 6.42 Å². The molecule has 0 unspecified atom stereocenters. The summed E-state index contributed by atoms with van der Waals surface area (Å²) in [7, 11) is 1.65. The second kappa shape index (κ2) is 7.17. The lowest BCUT2D eigenvalue weighted by Crippen LogP contribution is -2.02. The predicted octanol–water partition coefficient (Wildman–Crippen LogP) is 3.97. The van der Waals surface area contributed by atoms with Gasteiger partial charge in [0.25, 0.3) is 0 Å². The van der Waals surface area contributed by atoms with Crippen molar-refractivity contribution in [1.82, 2.24) is 9.55 Å². The number of ether oxygens (including phenoxy) is 1. The molecule has 5 nitrogen and oxygen atoms in total. The molecule has 0 radical (unpaired) electrons. The van der Waals surface area contributed by atoms with Crippen LogP contribution in [0.3, 0.4) is 0 Å². The van der Waals surface area contributed by atoms with Crippen LogP contribution in [0.15, 0.2) is 48.5 Å². The Labute approximate surface area is 140 Å². The lowest BCUT2D eigenvalue weighted by atomic mass is 10.2. The highest BCUT2D eigenvalue weighted by atomic mass is 16.5. The summed E-state index contributed by atoms with van der Waals surface area (Å²) >= 11 is 0. The highest BCUT2D eigenvalue weighted by molar-refractivity contribution is 5.80. The van der Waals surface area contributed by atoms with Gasteiger partial charge < -0.3 is 14.4 Å². The van der Waals surface area contributed by atoms with E-state index in [0.717, 1.165) is 41.1 Å². The summed E-state index contributed by atoms with van der Waals surface area (Å²) in [5, 5.41) is 8.79. The van der Waals surface area contributed by atoms with Crippen molar-refractivity contribution in [2.24, 2.45) is 0 Å². The van der Waals surface area contributed by atoms with Gasteiger partial charge in [0.1, 0.15) is 11.6 Å². The van der Waals surface area contributed by atoms with E-state index in [1.807, 2.05) is 48.5 Å². The van der Waals surface area contributed by atoms with E-state index in [9.17, 15) is 4.79 Å². The quantitative estimate of drug-likeness (QED) is 0.668. The number of aliphatic carboxylic acids is 1. The molecule has 3 aromatic rings. The number of methoxy groups -OCH3 is 1. The Morgan fingerprint density at radius 1 is 1.12 bits per heavy atom. The zero-order valence-corrected chi connectivity index (χ0v) is 13.6. The second-order valence-electron chi connectivity index (χ2n) is 5.66. The highest BCUT2D eigenvalue weighted by Crippen LogP contribution is 2.27. The van der Waals surface area contributed by atoms with Crippen LogP contribution < -0.4 is 4.74 Å². The predicted molar refractivity (Wildman–Crippen MR) is 93.2 cm³/mol. The molecule has 1 aromatic heterocycles. The van der Waals surface area contributed by atoms with Gasteiger partial charge in [-0.15, -0.1) is 0 Å². The average molecular weight is 324 g/mol. The van der Waals surface area contributed by atoms with Gasteiger partial charge in [-0.2, -0.15) is 0 Å². The number of unbranched alkanes of at least 4 members (excludes halogenated alkanes) is 1. The van der Waals surface area contributed by atoms with Crippen LogP contribution >= 0.6 is 0 Å². The van der Waals surface area contributed by atoms with Crippen LogP contribution in [0.2, 0.25) is 0 Å². The van der Waals surface area contributed by atoms with Crippen LogP contribution in [0.4, 0.5) is 0 Å². The van der Waals surface area contributed by atoms with E-state index in [1.54, 1.807) is 7.11 Å². The van der Waals surface area contributed by atoms with Gasteiger partial charge in [0.2, 0.25) is 0 Å². The number of carboxylic acid groups (broad SMARTS) is 1. The lowest BCUT2D eigenvalue weighted by Gasteiger charge is -2.09. The molecule has 0 spiro atoms. The molecule has 0 bridgehead atoms. The number of aromatic nitrogens is 2. The zero-order valence-electron chi connectivity index (χ0n) is 13.6. The number of carbonyl (C=O) groups is 1. The van der Waals surface area contributed by atoms with E-state index >= 15 is 0 Å². The van der Waals surface area contributed by atoms with Crippen LogP contribution in [0.1, 0.15) is 19.3 Å². The summed E-state index contributed by atoms with van der Waals surface area (Å²) in [6.07, 6.45) is 1.66. The molecule has 0 atom stereocenters. The molecule has 3 rings (SSSR count). The van der Waals surface area contributed by atoms with E-state index < -0.39 is 5.97 Å². The average Bonchev–Trinajstić information content (AvgIpc) is 2.97. The van der Waals surface area contributed by atoms with Crippen molar-refractivity contribution in [3.8, 4) is 17.1 Å². The number of carboxylic acids is 1. The molecule has 1 heterocycles. The second-order valence-corrected chi connectivity index (χ2v) is 5.66. The van der Waals surface area contributed by atoms with Crippen molar-refractivity contribution >= 4 is 17.0 Å². The van der Waals surface area contributed by atoms with Gasteiger partial charge in [-0.05, 0) is 49.2 Å². The lowest BCUT2D eigenvalue weighted by molar-refractivity contribution is -0.137. The Bertz CT molecular complexity index is 837. The molecular weight excluding hydrogens is 304 g/mol. The van der Waals surface area contributed by atoms with Crippen LogP contribution in [0.25, 0.3) is 22.4 Å². The fourth-order valence-electron chi connectivity index (χ4n) is 2.81. The molecule has 5 heteroatoms. The number of benzene rings is 2. The largest absolute Gasteiger partial charge is 0.497 e. The maximum Gasteiger partial charge on any atom is 0.303 e. The van der Waals surface area contributed by atoms with Crippen molar-refractivity contribution in [1.29, 1.82) is 0 Å². The van der Waals surface area contributed by atoms with Crippen LogP contribution in [0, 0.1) is 0 Å². The number of para-hydroxylation sites is 2. The number of nitrogens with zero attached hydrogens (tertiary/aromatic N) is 2. The first-order chi connectivity index (χ1) is 11.7. The van der Waals surface area contributed by atoms with Gasteiger partial charge in [-0.1, -0.05) is 12.1 Å². The van der Waals surface area contributed by atoms with Crippen LogP contribution in [-0.4, -0.2) is 27.7 Å². The van der Waals surface area contributed by atoms with Gasteiger partial charge in [0, 0.05) is 18.5 Å². The van der Waals surface area contributed by atoms with Crippen molar-refractivity contribution in [2.75, 3.05) is 7.11 Å². The molecule has 2 aromatic carbocycles. The number of hydrogen-bond acceptors (Lipinski definition) is 3. The van der Waals surface area contributed by atoms with Gasteiger partial charge in [-0.3, -0.25) is 4.79 Å². The molecule has 1 N–H and O–H groups in total. The Morgan fingerprint density at radius 3 is 2.58 bits per heavy atom. The van der Waals surface area contributed by atoms with E-state index in [2.05, 4.69) is 4.57 Å². The first-order valence-corrected chi connectivity index (χ1v) is 8.00. The van der Waals surface area contributed by atoms with Crippen molar-refractivity contribution < 1.29 is 14.6 Å². The number of hydrogen-bond donors (Lipinski definition) is 1. The number of imidazole rings is 1. The molecule has 0 aliphatic rings. The molecule has 0 aliphatic carbocycles. The third kappa shape index (κ3) is 3.40. The highest BCUT2D eigenvalue weighted by Gasteiger charge is 2.12. The molecular formula is C19H20N2O3. The molecule has 124 valence electrons. The Balaban J connectivity index is 1.93. The minimum atomic E-state index is -0.749. The maximum absolute atomic E-state index is 10.7. The summed E-state index contributed by atoms with van der Waals surface area (Å²) in [5.74, 6) is 0.956. The van der Waals surface area contributed by atoms with E-state index in [1.165, 1.54) is 0 Å². The topological polar surface area (TPSA) is 64.4 Å². The molecule has 0 aliphatic heterocycles. The molecule has 0 fully saturated rings. The maximum atomic E-state index is 10.7. The van der Waals surface area contributed by atoms with Crippen molar-refractivity contribution in [3.05, 3.63) is 48.5 Å². The van der Waals surface area contributed by atoms with E-state index in [4.69, 9.17) is 14.8 Å². The summed E-state index contributed by atoms with van der Waals surface area (Å²) in [6, 6.07) is 15.8. The molecule has 0 saturated heterocycles. The minimum absolute atomic E-state index is 0.199. The normalized spacial score (nSPS) is 10.9. The molecule has 0 saturated carbocycles. The smallest absolute Gasteiger partial charge is 0.303 e. The monoisotopic (exact) mass is 324 g/mol. The van der Waals surface area contributed by atoms with Crippen molar-refractivity contribution in [3.63, 3.8) is 0 Å². The van der Waals surface area contributed by atoms with Gasteiger partial charge >= 0.3 is 5.97 Å². The Morgan fingerprint density at radius 2 is 1.88 bits per heavy atom. The minimum Gasteiger partial charge on any atom is -0.497 e. The number of fused-ring (bicyclic) bond motifs is 1. The third-order valence-electron chi connectivity index (χ3n) is 4.03. The SMILES string of the molecule is COc1ccc(-c2nc3ccccc3n2CCCCC(=O)O)cc1. The summed E-state index contributed by atoms with van der Waals surface area (Å²) in [6.45, 7) is 0.745. The summed E-state index contributed by atoms with van der Waals surface area (Å²) in [5.41, 5.74) is 3.03. The third-order valence-corrected chi connectivity index (χ3v) is 4.03. The fraction of sp³-hybridized carbons (Fsp3) is 0.263. The van der Waals surface area contributed by atoms with Crippen molar-refractivity contribution in [2.45, 2.75) is 25.8 Å². The number of aryl methyl sites for hydroxylation is 1. The fourth-order valence-corrected chi connectivity index (χ4v) is 2.81. The Hall–Kier alpha value is -2.82. The summed E-state index contributed by atoms with van der Waals surface area (Å²) < 4.78 is 7.38.